The van der Waals surface area contributed by atoms with Crippen LogP contribution in [0.5, 0.6) is 11.5 Å². The highest BCUT2D eigenvalue weighted by Crippen LogP contribution is 2.26. The molecule has 1 aliphatic heterocycles. The third-order valence-corrected chi connectivity index (χ3v) is 4.63. The number of amides is 2. The monoisotopic (exact) mass is 373 g/mol. The number of nitrogens with one attached hydrogen (secondary N) is 1. The van der Waals surface area contributed by atoms with E-state index in [1.165, 1.54) is 0 Å². The summed E-state index contributed by atoms with van der Waals surface area (Å²) in [6.45, 7) is 2.78. The molecule has 0 bridgehead atoms. The van der Waals surface area contributed by atoms with Crippen LogP contribution < -0.4 is 14.8 Å². The second-order valence-corrected chi connectivity index (χ2v) is 6.48. The van der Waals surface area contributed by atoms with E-state index in [1.54, 1.807) is 50.3 Å². The van der Waals surface area contributed by atoms with E-state index in [2.05, 4.69) is 10.5 Å². The summed E-state index contributed by atoms with van der Waals surface area (Å²) in [6, 6.07) is 6.78. The molecule has 1 N–H and O–H groups in total. The van der Waals surface area contributed by atoms with Crippen molar-refractivity contribution in [3.8, 4) is 11.5 Å². The number of anilines is 1. The van der Waals surface area contributed by atoms with Crippen LogP contribution in [0.1, 0.15) is 29.0 Å². The summed E-state index contributed by atoms with van der Waals surface area (Å²) in [5.41, 5.74) is 0.507. The number of nitrogens with zero attached hydrogens (tertiary/aromatic N) is 2. The Morgan fingerprint density at radius 1 is 1.11 bits per heavy atom. The van der Waals surface area contributed by atoms with E-state index in [4.69, 9.17) is 14.0 Å². The molecule has 2 aromatic rings. The van der Waals surface area contributed by atoms with Crippen molar-refractivity contribution in [3.63, 3.8) is 0 Å². The van der Waals surface area contributed by atoms with Gasteiger partial charge in [-0.05, 0) is 31.9 Å². The molecule has 144 valence electrons. The summed E-state index contributed by atoms with van der Waals surface area (Å²) in [7, 11) is 3.09. The van der Waals surface area contributed by atoms with E-state index < -0.39 is 0 Å². The number of likely N-dealkylation sites (tertiary alicyclic amines) is 1. The number of aromatic nitrogens is 1. The lowest BCUT2D eigenvalue weighted by Crippen LogP contribution is -2.41. The lowest BCUT2D eigenvalue weighted by Gasteiger charge is -2.31. The van der Waals surface area contributed by atoms with Crippen molar-refractivity contribution < 1.29 is 23.6 Å². The van der Waals surface area contributed by atoms with Gasteiger partial charge in [-0.25, -0.2) is 0 Å². The Labute approximate surface area is 157 Å². The quantitative estimate of drug-likeness (QED) is 0.865. The molecule has 3 rings (SSSR count). The van der Waals surface area contributed by atoms with Gasteiger partial charge in [-0.2, -0.15) is 0 Å². The number of aryl methyl sites for hydroxylation is 1. The molecule has 2 heterocycles. The zero-order valence-corrected chi connectivity index (χ0v) is 15.7. The lowest BCUT2D eigenvalue weighted by molar-refractivity contribution is -0.121. The number of ether oxygens (including phenoxy) is 2. The van der Waals surface area contributed by atoms with Crippen LogP contribution in [0.15, 0.2) is 28.8 Å². The standard InChI is InChI=1S/C19H23N3O5/c1-12-8-17(21-27-12)20-18(23)13-4-6-22(7-5-13)19(24)14-9-15(25-2)11-16(10-14)26-3/h8-11,13H,4-7H2,1-3H3,(H,20,21,23). The average Bonchev–Trinajstić information content (AvgIpc) is 3.11. The molecule has 0 radical (unpaired) electrons. The maximum Gasteiger partial charge on any atom is 0.254 e. The lowest BCUT2D eigenvalue weighted by atomic mass is 9.95. The largest absolute Gasteiger partial charge is 0.497 e. The van der Waals surface area contributed by atoms with Crippen molar-refractivity contribution in [3.05, 3.63) is 35.6 Å². The number of hydrogen-bond donors (Lipinski definition) is 1. The predicted octanol–water partition coefficient (Wildman–Crippen LogP) is 2.49. The molecular formula is C19H23N3O5. The van der Waals surface area contributed by atoms with Gasteiger partial charge in [0.05, 0.1) is 14.2 Å². The number of carbonyl (C=O) groups excluding carboxylic acids is 2. The first kappa shape index (κ1) is 18.8. The Hall–Kier alpha value is -3.03. The van der Waals surface area contributed by atoms with Crippen molar-refractivity contribution in [1.29, 1.82) is 0 Å². The highest BCUT2D eigenvalue weighted by molar-refractivity contribution is 5.96. The molecule has 1 aromatic heterocycles. The van der Waals surface area contributed by atoms with Gasteiger partial charge in [-0.3, -0.25) is 9.59 Å². The molecule has 8 heteroatoms. The topological polar surface area (TPSA) is 93.9 Å². The molecule has 27 heavy (non-hydrogen) atoms. The highest BCUT2D eigenvalue weighted by atomic mass is 16.5. The van der Waals surface area contributed by atoms with E-state index in [-0.39, 0.29) is 17.7 Å². The van der Waals surface area contributed by atoms with Crippen LogP contribution in [0, 0.1) is 12.8 Å². The number of piperidine rings is 1. The van der Waals surface area contributed by atoms with Gasteiger partial charge in [0, 0.05) is 36.7 Å². The molecule has 0 aliphatic carbocycles. The normalized spacial score (nSPS) is 14.7. The van der Waals surface area contributed by atoms with Gasteiger partial charge >= 0.3 is 0 Å². The second-order valence-electron chi connectivity index (χ2n) is 6.48. The first-order chi connectivity index (χ1) is 13.0. The maximum absolute atomic E-state index is 12.8. The first-order valence-electron chi connectivity index (χ1n) is 8.76. The molecule has 0 unspecified atom stereocenters. The van der Waals surface area contributed by atoms with E-state index in [9.17, 15) is 9.59 Å². The Kier molecular flexibility index (Phi) is 5.63. The number of methoxy groups -OCH3 is 2. The van der Waals surface area contributed by atoms with Gasteiger partial charge in [0.15, 0.2) is 5.82 Å². The molecule has 2 amide bonds. The van der Waals surface area contributed by atoms with Gasteiger partial charge in [0.2, 0.25) is 5.91 Å². The summed E-state index contributed by atoms with van der Waals surface area (Å²) in [5.74, 6) is 1.83. The van der Waals surface area contributed by atoms with Crippen molar-refractivity contribution in [2.75, 3.05) is 32.6 Å². The molecule has 1 aromatic carbocycles. The van der Waals surface area contributed by atoms with E-state index in [1.807, 2.05) is 0 Å². The summed E-state index contributed by atoms with van der Waals surface area (Å²) >= 11 is 0. The van der Waals surface area contributed by atoms with Gasteiger partial charge < -0.3 is 24.2 Å². The average molecular weight is 373 g/mol. The predicted molar refractivity (Wildman–Crippen MR) is 98.0 cm³/mol. The van der Waals surface area contributed by atoms with Crippen LogP contribution in [-0.2, 0) is 4.79 Å². The fourth-order valence-corrected chi connectivity index (χ4v) is 3.11. The van der Waals surface area contributed by atoms with E-state index in [0.29, 0.717) is 54.6 Å². The van der Waals surface area contributed by atoms with Gasteiger partial charge in [-0.15, -0.1) is 0 Å². The molecule has 0 spiro atoms. The fourth-order valence-electron chi connectivity index (χ4n) is 3.11. The van der Waals surface area contributed by atoms with Gasteiger partial charge in [-0.1, -0.05) is 5.16 Å². The maximum atomic E-state index is 12.8. The summed E-state index contributed by atoms with van der Waals surface area (Å²) < 4.78 is 15.4. The van der Waals surface area contributed by atoms with E-state index in [0.717, 1.165) is 0 Å². The van der Waals surface area contributed by atoms with Crippen LogP contribution in [0.25, 0.3) is 0 Å². The highest BCUT2D eigenvalue weighted by Gasteiger charge is 2.28. The summed E-state index contributed by atoms with van der Waals surface area (Å²) in [6.07, 6.45) is 1.19. The van der Waals surface area contributed by atoms with Crippen molar-refractivity contribution in [1.82, 2.24) is 10.1 Å². The Morgan fingerprint density at radius 3 is 2.26 bits per heavy atom. The van der Waals surface area contributed by atoms with Crippen LogP contribution in [-0.4, -0.2) is 49.2 Å². The zero-order chi connectivity index (χ0) is 19.4. The Bertz CT molecular complexity index is 802. The second kappa shape index (κ2) is 8.11. The van der Waals surface area contributed by atoms with Crippen molar-refractivity contribution in [2.24, 2.45) is 5.92 Å². The molecule has 1 aliphatic rings. The van der Waals surface area contributed by atoms with Gasteiger partial charge in [0.1, 0.15) is 17.3 Å². The minimum absolute atomic E-state index is 0.0987. The smallest absolute Gasteiger partial charge is 0.254 e. The molecule has 1 saturated heterocycles. The molecule has 1 fully saturated rings. The minimum Gasteiger partial charge on any atom is -0.497 e. The number of carbonyl (C=O) groups is 2. The number of rotatable bonds is 5. The minimum atomic E-state index is -0.161. The molecular weight excluding hydrogens is 350 g/mol. The zero-order valence-electron chi connectivity index (χ0n) is 15.7. The molecule has 0 saturated carbocycles. The summed E-state index contributed by atoms with van der Waals surface area (Å²) in [5, 5.41) is 6.53. The molecule has 8 nitrogen and oxygen atoms in total. The van der Waals surface area contributed by atoms with Crippen molar-refractivity contribution in [2.45, 2.75) is 19.8 Å². The first-order valence-corrected chi connectivity index (χ1v) is 8.76. The third-order valence-electron chi connectivity index (χ3n) is 4.63. The van der Waals surface area contributed by atoms with Crippen LogP contribution in [0.2, 0.25) is 0 Å². The number of hydrogen-bond acceptors (Lipinski definition) is 6. The van der Waals surface area contributed by atoms with E-state index >= 15 is 0 Å². The van der Waals surface area contributed by atoms with Crippen LogP contribution in [0.3, 0.4) is 0 Å². The fraction of sp³-hybridized carbons (Fsp3) is 0.421. The molecule has 0 atom stereocenters. The third kappa shape index (κ3) is 4.39. The van der Waals surface area contributed by atoms with Crippen LogP contribution in [0.4, 0.5) is 5.82 Å². The Morgan fingerprint density at radius 2 is 1.74 bits per heavy atom. The SMILES string of the molecule is COc1cc(OC)cc(C(=O)N2CCC(C(=O)Nc3cc(C)on3)CC2)c1. The van der Waals surface area contributed by atoms with Gasteiger partial charge in [0.25, 0.3) is 5.91 Å². The van der Waals surface area contributed by atoms with Crippen LogP contribution >= 0.6 is 0 Å². The summed E-state index contributed by atoms with van der Waals surface area (Å²) in [4.78, 5) is 26.9. The Balaban J connectivity index is 1.60. The number of benzene rings is 1. The van der Waals surface area contributed by atoms with Crippen molar-refractivity contribution >= 4 is 17.6 Å².